The van der Waals surface area contributed by atoms with E-state index in [4.69, 9.17) is 9.47 Å². The maximum Gasteiger partial charge on any atom is 0.336 e. The summed E-state index contributed by atoms with van der Waals surface area (Å²) in [5, 5.41) is 0. The predicted octanol–water partition coefficient (Wildman–Crippen LogP) is 4.24. The van der Waals surface area contributed by atoms with E-state index in [9.17, 15) is 4.79 Å². The molecule has 0 N–H and O–H groups in total. The van der Waals surface area contributed by atoms with Crippen LogP contribution in [0.4, 0.5) is 0 Å². The Bertz CT molecular complexity index is 697. The van der Waals surface area contributed by atoms with Gasteiger partial charge in [-0.3, -0.25) is 0 Å². The zero-order valence-electron chi connectivity index (χ0n) is 13.3. The molecule has 0 radical (unpaired) electrons. The van der Waals surface area contributed by atoms with Crippen molar-refractivity contribution in [3.05, 3.63) is 64.7 Å². The highest BCUT2D eigenvalue weighted by molar-refractivity contribution is 5.89. The Kier molecular flexibility index (Phi) is 4.99. The average molecular weight is 296 g/mol. The molecule has 3 heteroatoms. The normalized spacial score (nSPS) is 10.7. The number of carbonyl (C=O) groups excluding carboxylic acids is 1. The van der Waals surface area contributed by atoms with E-state index in [0.29, 0.717) is 5.75 Å². The Morgan fingerprint density at radius 2 is 1.59 bits per heavy atom. The highest BCUT2D eigenvalue weighted by atomic mass is 16.5. The number of carbonyl (C=O) groups is 1. The van der Waals surface area contributed by atoms with Crippen molar-refractivity contribution in [2.75, 3.05) is 7.11 Å². The predicted molar refractivity (Wildman–Crippen MR) is 88.3 cm³/mol. The average Bonchev–Trinajstić information content (AvgIpc) is 2.53. The van der Waals surface area contributed by atoms with E-state index in [0.717, 1.165) is 28.0 Å². The van der Waals surface area contributed by atoms with Crippen molar-refractivity contribution in [1.29, 1.82) is 0 Å². The highest BCUT2D eigenvalue weighted by Gasteiger charge is 2.09. The summed E-state index contributed by atoms with van der Waals surface area (Å²) in [6.45, 7) is 5.89. The van der Waals surface area contributed by atoms with Crippen LogP contribution in [0, 0.1) is 20.8 Å². The number of benzene rings is 2. The SMILES string of the molecule is COc1ccc(/C=C/C(=O)Oc2c(C)ccc(C)c2C)cc1. The summed E-state index contributed by atoms with van der Waals surface area (Å²) in [7, 11) is 1.62. The Hall–Kier alpha value is -2.55. The third kappa shape index (κ3) is 3.76. The van der Waals surface area contributed by atoms with E-state index < -0.39 is 0 Å². The molecule has 0 aliphatic carbocycles. The number of aryl methyl sites for hydroxylation is 2. The number of hydrogen-bond acceptors (Lipinski definition) is 3. The van der Waals surface area contributed by atoms with E-state index in [1.807, 2.05) is 57.2 Å². The summed E-state index contributed by atoms with van der Waals surface area (Å²) in [6, 6.07) is 11.4. The molecule has 0 saturated heterocycles. The lowest BCUT2D eigenvalue weighted by Gasteiger charge is -2.11. The Balaban J connectivity index is 2.09. The van der Waals surface area contributed by atoms with Crippen molar-refractivity contribution in [3.63, 3.8) is 0 Å². The third-order valence-electron chi connectivity index (χ3n) is 3.60. The molecule has 22 heavy (non-hydrogen) atoms. The zero-order chi connectivity index (χ0) is 16.1. The van der Waals surface area contributed by atoms with Crippen LogP contribution in [0.25, 0.3) is 6.08 Å². The van der Waals surface area contributed by atoms with Crippen molar-refractivity contribution in [1.82, 2.24) is 0 Å². The summed E-state index contributed by atoms with van der Waals surface area (Å²) >= 11 is 0. The van der Waals surface area contributed by atoms with Gasteiger partial charge in [0.15, 0.2) is 0 Å². The standard InChI is InChI=1S/C19H20O3/c1-13-5-6-14(2)19(15(13)3)22-18(20)12-9-16-7-10-17(21-4)11-8-16/h5-12H,1-4H3/b12-9+. The summed E-state index contributed by atoms with van der Waals surface area (Å²) in [5.74, 6) is 1.04. The topological polar surface area (TPSA) is 35.5 Å². The molecule has 0 spiro atoms. The van der Waals surface area contributed by atoms with Crippen LogP contribution in [0.1, 0.15) is 22.3 Å². The van der Waals surface area contributed by atoms with Crippen LogP contribution in [0.15, 0.2) is 42.5 Å². The van der Waals surface area contributed by atoms with Crippen molar-refractivity contribution in [3.8, 4) is 11.5 Å². The molecule has 0 atom stereocenters. The van der Waals surface area contributed by atoms with Crippen LogP contribution in [0.5, 0.6) is 11.5 Å². The van der Waals surface area contributed by atoms with Gasteiger partial charge in [-0.25, -0.2) is 4.79 Å². The van der Waals surface area contributed by atoms with Gasteiger partial charge in [0.05, 0.1) is 7.11 Å². The molecule has 2 aromatic carbocycles. The monoisotopic (exact) mass is 296 g/mol. The van der Waals surface area contributed by atoms with Gasteiger partial charge in [-0.15, -0.1) is 0 Å². The molecule has 0 heterocycles. The van der Waals surface area contributed by atoms with Gasteiger partial charge in [-0.05, 0) is 61.2 Å². The molecule has 0 aromatic heterocycles. The van der Waals surface area contributed by atoms with Crippen LogP contribution >= 0.6 is 0 Å². The summed E-state index contributed by atoms with van der Waals surface area (Å²) in [4.78, 5) is 12.0. The molecule has 2 rings (SSSR count). The number of hydrogen-bond donors (Lipinski definition) is 0. The first-order valence-corrected chi connectivity index (χ1v) is 7.12. The maximum atomic E-state index is 12.0. The van der Waals surface area contributed by atoms with Crippen LogP contribution in [0.2, 0.25) is 0 Å². The lowest BCUT2D eigenvalue weighted by Crippen LogP contribution is -2.06. The van der Waals surface area contributed by atoms with Crippen molar-refractivity contribution in [2.45, 2.75) is 20.8 Å². The number of ether oxygens (including phenoxy) is 2. The van der Waals surface area contributed by atoms with E-state index in [-0.39, 0.29) is 5.97 Å². The Morgan fingerprint density at radius 3 is 2.23 bits per heavy atom. The van der Waals surface area contributed by atoms with E-state index in [1.54, 1.807) is 13.2 Å². The summed E-state index contributed by atoms with van der Waals surface area (Å²) < 4.78 is 10.6. The number of rotatable bonds is 4. The minimum Gasteiger partial charge on any atom is -0.497 e. The second kappa shape index (κ2) is 6.94. The highest BCUT2D eigenvalue weighted by Crippen LogP contribution is 2.26. The Labute approximate surface area is 131 Å². The van der Waals surface area contributed by atoms with Gasteiger partial charge in [0.25, 0.3) is 0 Å². The molecule has 0 unspecified atom stereocenters. The quantitative estimate of drug-likeness (QED) is 0.481. The van der Waals surface area contributed by atoms with Crippen molar-refractivity contribution < 1.29 is 14.3 Å². The minimum absolute atomic E-state index is 0.382. The van der Waals surface area contributed by atoms with Crippen LogP contribution in [-0.4, -0.2) is 13.1 Å². The molecule has 0 fully saturated rings. The van der Waals surface area contributed by atoms with Gasteiger partial charge in [0, 0.05) is 6.08 Å². The molecule has 2 aromatic rings. The molecule has 0 aliphatic rings. The van der Waals surface area contributed by atoms with Crippen LogP contribution in [0.3, 0.4) is 0 Å². The van der Waals surface area contributed by atoms with Gasteiger partial charge in [0.2, 0.25) is 0 Å². The van der Waals surface area contributed by atoms with Crippen LogP contribution in [-0.2, 0) is 4.79 Å². The molecule has 3 nitrogen and oxygen atoms in total. The Morgan fingerprint density at radius 1 is 0.955 bits per heavy atom. The first-order chi connectivity index (χ1) is 10.5. The summed E-state index contributed by atoms with van der Waals surface area (Å²) in [6.07, 6.45) is 3.16. The molecule has 114 valence electrons. The lowest BCUT2D eigenvalue weighted by atomic mass is 10.1. The molecule has 0 amide bonds. The summed E-state index contributed by atoms with van der Waals surface area (Å²) in [5.41, 5.74) is 3.96. The molecule has 0 bridgehead atoms. The molecule has 0 saturated carbocycles. The molecular weight excluding hydrogens is 276 g/mol. The number of esters is 1. The fourth-order valence-electron chi connectivity index (χ4n) is 2.10. The first kappa shape index (κ1) is 15.8. The molecular formula is C19H20O3. The smallest absolute Gasteiger partial charge is 0.336 e. The van der Waals surface area contributed by atoms with E-state index in [2.05, 4.69) is 0 Å². The maximum absolute atomic E-state index is 12.0. The fourth-order valence-corrected chi connectivity index (χ4v) is 2.10. The van der Waals surface area contributed by atoms with E-state index >= 15 is 0 Å². The van der Waals surface area contributed by atoms with Gasteiger partial charge >= 0.3 is 5.97 Å². The lowest BCUT2D eigenvalue weighted by molar-refractivity contribution is -0.129. The third-order valence-corrected chi connectivity index (χ3v) is 3.60. The first-order valence-electron chi connectivity index (χ1n) is 7.12. The van der Waals surface area contributed by atoms with Crippen molar-refractivity contribution >= 4 is 12.0 Å². The second-order valence-corrected chi connectivity index (χ2v) is 5.18. The van der Waals surface area contributed by atoms with Gasteiger partial charge in [-0.2, -0.15) is 0 Å². The van der Waals surface area contributed by atoms with Gasteiger partial charge in [0.1, 0.15) is 11.5 Å². The molecule has 0 aliphatic heterocycles. The number of methoxy groups -OCH3 is 1. The van der Waals surface area contributed by atoms with E-state index in [1.165, 1.54) is 6.08 Å². The largest absolute Gasteiger partial charge is 0.497 e. The van der Waals surface area contributed by atoms with Gasteiger partial charge in [-0.1, -0.05) is 24.3 Å². The van der Waals surface area contributed by atoms with Crippen molar-refractivity contribution in [2.24, 2.45) is 0 Å². The van der Waals surface area contributed by atoms with Crippen LogP contribution < -0.4 is 9.47 Å². The fraction of sp³-hybridized carbons (Fsp3) is 0.211. The van der Waals surface area contributed by atoms with Gasteiger partial charge < -0.3 is 9.47 Å². The second-order valence-electron chi connectivity index (χ2n) is 5.18. The minimum atomic E-state index is -0.382. The zero-order valence-corrected chi connectivity index (χ0v) is 13.3.